The summed E-state index contributed by atoms with van der Waals surface area (Å²) < 4.78 is 5.43. The van der Waals surface area contributed by atoms with Gasteiger partial charge in [0.25, 0.3) is 0 Å². The van der Waals surface area contributed by atoms with Crippen molar-refractivity contribution < 1.29 is 9.53 Å². The van der Waals surface area contributed by atoms with Crippen molar-refractivity contribution in [2.75, 3.05) is 6.54 Å². The molecule has 4 nitrogen and oxygen atoms in total. The number of rotatable bonds is 6. The third-order valence-electron chi connectivity index (χ3n) is 4.70. The summed E-state index contributed by atoms with van der Waals surface area (Å²) in [6.07, 6.45) is 9.39. The van der Waals surface area contributed by atoms with Crippen LogP contribution in [-0.4, -0.2) is 29.8 Å². The summed E-state index contributed by atoms with van der Waals surface area (Å²) in [5.74, 6) is 0. The Morgan fingerprint density at radius 3 is 2.05 bits per heavy atom. The van der Waals surface area contributed by atoms with Crippen LogP contribution in [-0.2, 0) is 4.74 Å². The molecule has 0 aromatic rings. The summed E-state index contributed by atoms with van der Waals surface area (Å²) in [5.41, 5.74) is -0.666. The lowest BCUT2D eigenvalue weighted by molar-refractivity contribution is 0.0443. The first kappa shape index (κ1) is 19.3. The standard InChI is InChI=1S/C18H36N2O2/c1-6-18(7-2,20-16(21)22-17(3,4)5)14-19-15-12-10-8-9-11-13-15/h15,19H,6-14H2,1-5H3,(H,20,21). The van der Waals surface area contributed by atoms with Gasteiger partial charge in [-0.05, 0) is 46.5 Å². The van der Waals surface area contributed by atoms with E-state index < -0.39 is 5.60 Å². The average Bonchev–Trinajstić information content (AvgIpc) is 2.70. The number of hydrogen-bond donors (Lipinski definition) is 2. The molecule has 0 radical (unpaired) electrons. The Bertz CT molecular complexity index is 324. The zero-order valence-electron chi connectivity index (χ0n) is 15.3. The molecule has 2 N–H and O–H groups in total. The van der Waals surface area contributed by atoms with Gasteiger partial charge in [-0.25, -0.2) is 4.79 Å². The molecule has 0 spiro atoms. The van der Waals surface area contributed by atoms with Gasteiger partial charge >= 0.3 is 6.09 Å². The van der Waals surface area contributed by atoms with Gasteiger partial charge in [-0.3, -0.25) is 0 Å². The van der Waals surface area contributed by atoms with Crippen LogP contribution in [0.4, 0.5) is 4.79 Å². The molecule has 0 bridgehead atoms. The number of hydrogen-bond acceptors (Lipinski definition) is 3. The summed E-state index contributed by atoms with van der Waals surface area (Å²) >= 11 is 0. The molecule has 0 atom stereocenters. The van der Waals surface area contributed by atoms with Gasteiger partial charge in [0, 0.05) is 12.6 Å². The molecule has 1 amide bonds. The molecular weight excluding hydrogens is 276 g/mol. The minimum atomic E-state index is -0.452. The van der Waals surface area contributed by atoms with E-state index in [1.165, 1.54) is 38.5 Å². The van der Waals surface area contributed by atoms with Crippen LogP contribution in [0.15, 0.2) is 0 Å². The number of carbonyl (C=O) groups excluding carboxylic acids is 1. The average molecular weight is 312 g/mol. The van der Waals surface area contributed by atoms with E-state index in [0.29, 0.717) is 6.04 Å². The van der Waals surface area contributed by atoms with E-state index in [1.54, 1.807) is 0 Å². The molecule has 1 saturated carbocycles. The predicted molar refractivity (Wildman–Crippen MR) is 92.2 cm³/mol. The highest BCUT2D eigenvalue weighted by Crippen LogP contribution is 2.20. The third-order valence-corrected chi connectivity index (χ3v) is 4.70. The lowest BCUT2D eigenvalue weighted by Gasteiger charge is -2.35. The molecule has 4 heteroatoms. The Kier molecular flexibility index (Phi) is 7.67. The van der Waals surface area contributed by atoms with Crippen molar-refractivity contribution in [3.05, 3.63) is 0 Å². The van der Waals surface area contributed by atoms with Crippen molar-refractivity contribution in [2.24, 2.45) is 0 Å². The zero-order chi connectivity index (χ0) is 16.6. The summed E-state index contributed by atoms with van der Waals surface area (Å²) in [5, 5.41) is 6.82. The van der Waals surface area contributed by atoms with Gasteiger partial charge in [0.15, 0.2) is 0 Å². The van der Waals surface area contributed by atoms with E-state index >= 15 is 0 Å². The molecule has 1 aliphatic rings. The molecule has 0 aromatic heterocycles. The monoisotopic (exact) mass is 312 g/mol. The SMILES string of the molecule is CCC(CC)(CNC1CCCCCC1)NC(=O)OC(C)(C)C. The zero-order valence-corrected chi connectivity index (χ0v) is 15.3. The number of alkyl carbamates (subject to hydrolysis) is 1. The van der Waals surface area contributed by atoms with Crippen LogP contribution >= 0.6 is 0 Å². The number of carbonyl (C=O) groups is 1. The predicted octanol–water partition coefficient (Wildman–Crippen LogP) is 4.38. The fourth-order valence-electron chi connectivity index (χ4n) is 3.06. The van der Waals surface area contributed by atoms with Gasteiger partial charge in [-0.15, -0.1) is 0 Å². The fourth-order valence-corrected chi connectivity index (χ4v) is 3.06. The van der Waals surface area contributed by atoms with Crippen molar-refractivity contribution >= 4 is 6.09 Å². The van der Waals surface area contributed by atoms with Gasteiger partial charge in [0.1, 0.15) is 5.60 Å². The Morgan fingerprint density at radius 2 is 1.59 bits per heavy atom. The Labute approximate surface area is 136 Å². The Balaban J connectivity index is 2.55. The first-order valence-corrected chi connectivity index (χ1v) is 9.05. The second-order valence-corrected chi connectivity index (χ2v) is 7.68. The van der Waals surface area contributed by atoms with Gasteiger partial charge < -0.3 is 15.4 Å². The maximum Gasteiger partial charge on any atom is 0.408 e. The van der Waals surface area contributed by atoms with Crippen LogP contribution in [0, 0.1) is 0 Å². The van der Waals surface area contributed by atoms with Gasteiger partial charge in [-0.1, -0.05) is 39.5 Å². The van der Waals surface area contributed by atoms with Crippen LogP contribution < -0.4 is 10.6 Å². The van der Waals surface area contributed by atoms with Crippen molar-refractivity contribution in [3.63, 3.8) is 0 Å². The summed E-state index contributed by atoms with van der Waals surface area (Å²) in [6.45, 7) is 10.8. The molecule has 0 saturated heterocycles. The van der Waals surface area contributed by atoms with Crippen LogP contribution in [0.1, 0.15) is 86.0 Å². The van der Waals surface area contributed by atoms with E-state index in [0.717, 1.165) is 19.4 Å². The molecule has 1 fully saturated rings. The first-order chi connectivity index (χ1) is 10.3. The first-order valence-electron chi connectivity index (χ1n) is 9.05. The maximum atomic E-state index is 12.1. The van der Waals surface area contributed by atoms with E-state index in [4.69, 9.17) is 4.74 Å². The Morgan fingerprint density at radius 1 is 1.05 bits per heavy atom. The summed E-state index contributed by atoms with van der Waals surface area (Å²) in [4.78, 5) is 12.1. The molecule has 0 heterocycles. The third kappa shape index (κ3) is 6.99. The van der Waals surface area contributed by atoms with Crippen molar-refractivity contribution in [3.8, 4) is 0 Å². The van der Waals surface area contributed by atoms with Gasteiger partial charge in [-0.2, -0.15) is 0 Å². The van der Waals surface area contributed by atoms with Crippen molar-refractivity contribution in [1.29, 1.82) is 0 Å². The molecule has 1 rings (SSSR count). The summed E-state index contributed by atoms with van der Waals surface area (Å²) in [6, 6.07) is 0.598. The highest BCUT2D eigenvalue weighted by Gasteiger charge is 2.31. The van der Waals surface area contributed by atoms with E-state index in [9.17, 15) is 4.79 Å². The normalized spacial score (nSPS) is 17.9. The molecule has 0 aliphatic heterocycles. The maximum absolute atomic E-state index is 12.1. The molecule has 1 aliphatic carbocycles. The van der Waals surface area contributed by atoms with Gasteiger partial charge in [0.2, 0.25) is 0 Å². The number of amides is 1. The molecule has 0 unspecified atom stereocenters. The Hall–Kier alpha value is -0.770. The van der Waals surface area contributed by atoms with Gasteiger partial charge in [0.05, 0.1) is 5.54 Å². The minimum Gasteiger partial charge on any atom is -0.444 e. The highest BCUT2D eigenvalue weighted by molar-refractivity contribution is 5.68. The van der Waals surface area contributed by atoms with E-state index in [2.05, 4.69) is 24.5 Å². The smallest absolute Gasteiger partial charge is 0.408 e. The van der Waals surface area contributed by atoms with E-state index in [1.807, 2.05) is 20.8 Å². The van der Waals surface area contributed by atoms with Crippen molar-refractivity contribution in [2.45, 2.75) is 103 Å². The summed E-state index contributed by atoms with van der Waals surface area (Å²) in [7, 11) is 0. The quantitative estimate of drug-likeness (QED) is 0.715. The molecule has 0 aromatic carbocycles. The number of ether oxygens (including phenoxy) is 1. The minimum absolute atomic E-state index is 0.214. The van der Waals surface area contributed by atoms with Crippen LogP contribution in [0.25, 0.3) is 0 Å². The molecule has 130 valence electrons. The fraction of sp³-hybridized carbons (Fsp3) is 0.944. The number of nitrogens with one attached hydrogen (secondary N) is 2. The van der Waals surface area contributed by atoms with Crippen molar-refractivity contribution in [1.82, 2.24) is 10.6 Å². The molecular formula is C18H36N2O2. The second-order valence-electron chi connectivity index (χ2n) is 7.68. The van der Waals surface area contributed by atoms with Crippen LogP contribution in [0.3, 0.4) is 0 Å². The van der Waals surface area contributed by atoms with Crippen LogP contribution in [0.2, 0.25) is 0 Å². The lowest BCUT2D eigenvalue weighted by Crippen LogP contribution is -2.56. The molecule has 22 heavy (non-hydrogen) atoms. The highest BCUT2D eigenvalue weighted by atomic mass is 16.6. The largest absolute Gasteiger partial charge is 0.444 e. The lowest BCUT2D eigenvalue weighted by atomic mass is 9.92. The van der Waals surface area contributed by atoms with E-state index in [-0.39, 0.29) is 11.6 Å². The van der Waals surface area contributed by atoms with Crippen LogP contribution in [0.5, 0.6) is 0 Å². The second kappa shape index (κ2) is 8.76. The topological polar surface area (TPSA) is 50.4 Å².